The Kier molecular flexibility index (Phi) is 5.73. The molecule has 0 aliphatic carbocycles. The van der Waals surface area contributed by atoms with Gasteiger partial charge in [0.1, 0.15) is 4.88 Å². The van der Waals surface area contributed by atoms with Crippen LogP contribution in [0.1, 0.15) is 37.5 Å². The van der Waals surface area contributed by atoms with Crippen molar-refractivity contribution in [3.63, 3.8) is 0 Å². The molecular weight excluding hydrogens is 390 g/mol. The zero-order valence-corrected chi connectivity index (χ0v) is 15.7. The Morgan fingerprint density at radius 2 is 1.85 bits per heavy atom. The van der Waals surface area contributed by atoms with Gasteiger partial charge in [-0.1, -0.05) is 11.6 Å². The van der Waals surface area contributed by atoms with Gasteiger partial charge in [-0.2, -0.15) is 0 Å². The van der Waals surface area contributed by atoms with E-state index in [1.165, 1.54) is 25.3 Å². The standard InChI is InChI=1S/C19H14ClNO5S/c1-11(17(22)12-4-6-13(20)7-5-12)26-19(24)15-8-9-16(27-15)21-18(23)14-3-2-10-25-14/h2-11H,1H3,(H,21,23). The number of halogens is 1. The molecule has 1 unspecified atom stereocenters. The highest BCUT2D eigenvalue weighted by Gasteiger charge is 2.22. The lowest BCUT2D eigenvalue weighted by Gasteiger charge is -2.11. The van der Waals surface area contributed by atoms with E-state index in [0.29, 0.717) is 15.6 Å². The molecular formula is C19H14ClNO5S. The number of ether oxygens (including phenoxy) is 1. The predicted molar refractivity (Wildman–Crippen MR) is 102 cm³/mol. The number of Topliss-reactive ketones (excluding diaryl/α,β-unsaturated/α-hetero) is 1. The highest BCUT2D eigenvalue weighted by Crippen LogP contribution is 2.24. The number of carbonyl (C=O) groups excluding carboxylic acids is 3. The molecule has 0 aliphatic heterocycles. The third-order valence-electron chi connectivity index (χ3n) is 3.57. The summed E-state index contributed by atoms with van der Waals surface area (Å²) in [5.41, 5.74) is 0.400. The normalized spacial score (nSPS) is 11.6. The van der Waals surface area contributed by atoms with E-state index in [4.69, 9.17) is 20.8 Å². The fourth-order valence-corrected chi connectivity index (χ4v) is 3.13. The van der Waals surface area contributed by atoms with Crippen molar-refractivity contribution in [1.29, 1.82) is 0 Å². The average Bonchev–Trinajstić information content (AvgIpc) is 3.33. The minimum Gasteiger partial charge on any atom is -0.459 e. The number of benzene rings is 1. The molecule has 138 valence electrons. The first kappa shape index (κ1) is 18.9. The van der Waals surface area contributed by atoms with E-state index >= 15 is 0 Å². The topological polar surface area (TPSA) is 85.6 Å². The van der Waals surface area contributed by atoms with Crippen molar-refractivity contribution in [2.75, 3.05) is 5.32 Å². The van der Waals surface area contributed by atoms with Gasteiger partial charge in [-0.3, -0.25) is 9.59 Å². The van der Waals surface area contributed by atoms with Gasteiger partial charge >= 0.3 is 5.97 Å². The maximum absolute atomic E-state index is 12.3. The second-order valence-electron chi connectivity index (χ2n) is 5.51. The minimum atomic E-state index is -0.957. The SMILES string of the molecule is CC(OC(=O)c1ccc(NC(=O)c2ccco2)s1)C(=O)c1ccc(Cl)cc1. The number of anilines is 1. The number of amides is 1. The molecule has 2 aromatic heterocycles. The lowest BCUT2D eigenvalue weighted by molar-refractivity contribution is 0.0323. The first-order valence-electron chi connectivity index (χ1n) is 7.89. The van der Waals surface area contributed by atoms with Crippen molar-refractivity contribution in [3.8, 4) is 0 Å². The molecule has 1 atom stereocenters. The van der Waals surface area contributed by atoms with Gasteiger partial charge in [-0.15, -0.1) is 11.3 Å². The summed E-state index contributed by atoms with van der Waals surface area (Å²) >= 11 is 6.84. The van der Waals surface area contributed by atoms with Gasteiger partial charge in [0.15, 0.2) is 11.9 Å². The van der Waals surface area contributed by atoms with Crippen molar-refractivity contribution in [1.82, 2.24) is 0 Å². The molecule has 1 aromatic carbocycles. The van der Waals surface area contributed by atoms with Gasteiger partial charge in [0.25, 0.3) is 5.91 Å². The number of nitrogens with one attached hydrogen (secondary N) is 1. The zero-order valence-electron chi connectivity index (χ0n) is 14.1. The summed E-state index contributed by atoms with van der Waals surface area (Å²) < 4.78 is 10.2. The molecule has 0 saturated heterocycles. The fourth-order valence-electron chi connectivity index (χ4n) is 2.22. The van der Waals surface area contributed by atoms with Gasteiger partial charge in [-0.05, 0) is 55.5 Å². The van der Waals surface area contributed by atoms with Crippen LogP contribution >= 0.6 is 22.9 Å². The summed E-state index contributed by atoms with van der Waals surface area (Å²) in [6.45, 7) is 1.50. The summed E-state index contributed by atoms with van der Waals surface area (Å²) in [6, 6.07) is 12.6. The van der Waals surface area contributed by atoms with Crippen LogP contribution in [0, 0.1) is 0 Å². The molecule has 0 aliphatic rings. The number of hydrogen-bond donors (Lipinski definition) is 1. The molecule has 0 spiro atoms. The summed E-state index contributed by atoms with van der Waals surface area (Å²) in [5.74, 6) is -1.24. The van der Waals surface area contributed by atoms with Crippen molar-refractivity contribution in [3.05, 3.63) is 76.0 Å². The third kappa shape index (κ3) is 4.64. The summed E-state index contributed by atoms with van der Waals surface area (Å²) in [6.07, 6.45) is 0.438. The molecule has 6 nitrogen and oxygen atoms in total. The summed E-state index contributed by atoms with van der Waals surface area (Å²) in [7, 11) is 0. The van der Waals surface area contributed by atoms with Crippen LogP contribution in [-0.4, -0.2) is 23.8 Å². The van der Waals surface area contributed by atoms with Crippen molar-refractivity contribution in [2.45, 2.75) is 13.0 Å². The van der Waals surface area contributed by atoms with Crippen molar-refractivity contribution < 1.29 is 23.5 Å². The van der Waals surface area contributed by atoms with Crippen LogP contribution in [0.3, 0.4) is 0 Å². The van der Waals surface area contributed by atoms with Gasteiger partial charge in [-0.25, -0.2) is 4.79 Å². The lowest BCUT2D eigenvalue weighted by Crippen LogP contribution is -2.24. The third-order valence-corrected chi connectivity index (χ3v) is 4.80. The molecule has 0 saturated carbocycles. The Labute approximate surface area is 163 Å². The van der Waals surface area contributed by atoms with Crippen LogP contribution in [-0.2, 0) is 4.74 Å². The molecule has 1 N–H and O–H groups in total. The Morgan fingerprint density at radius 1 is 1.11 bits per heavy atom. The minimum absolute atomic E-state index is 0.162. The van der Waals surface area contributed by atoms with Crippen LogP contribution in [0.2, 0.25) is 5.02 Å². The molecule has 8 heteroatoms. The van der Waals surface area contributed by atoms with Crippen molar-refractivity contribution >= 4 is 45.6 Å². The summed E-state index contributed by atoms with van der Waals surface area (Å²) in [5, 5.41) is 3.60. The number of hydrogen-bond acceptors (Lipinski definition) is 6. The van der Waals surface area contributed by atoms with Gasteiger partial charge in [0, 0.05) is 10.6 Å². The average molecular weight is 404 g/mol. The Bertz CT molecular complexity index is 962. The van der Waals surface area contributed by atoms with Crippen LogP contribution in [0.15, 0.2) is 59.2 Å². The lowest BCUT2D eigenvalue weighted by atomic mass is 10.1. The van der Waals surface area contributed by atoms with Crippen LogP contribution in [0.4, 0.5) is 5.00 Å². The smallest absolute Gasteiger partial charge is 0.349 e. The maximum Gasteiger partial charge on any atom is 0.349 e. The van der Waals surface area contributed by atoms with E-state index in [-0.39, 0.29) is 16.4 Å². The molecule has 3 rings (SSSR count). The van der Waals surface area contributed by atoms with Crippen LogP contribution in [0.5, 0.6) is 0 Å². The molecule has 1 amide bonds. The second kappa shape index (κ2) is 8.20. The first-order valence-corrected chi connectivity index (χ1v) is 9.09. The molecule has 0 radical (unpaired) electrons. The first-order chi connectivity index (χ1) is 12.9. The number of furan rings is 1. The van der Waals surface area contributed by atoms with E-state index in [1.54, 1.807) is 36.4 Å². The second-order valence-corrected chi connectivity index (χ2v) is 7.03. The number of esters is 1. The molecule has 0 bridgehead atoms. The Morgan fingerprint density at radius 3 is 2.52 bits per heavy atom. The van der Waals surface area contributed by atoms with E-state index in [9.17, 15) is 14.4 Å². The van der Waals surface area contributed by atoms with E-state index in [1.807, 2.05) is 0 Å². The van der Waals surface area contributed by atoms with Gasteiger partial charge < -0.3 is 14.5 Å². The Balaban J connectivity index is 1.61. The number of carbonyl (C=O) groups is 3. The number of rotatable bonds is 6. The monoisotopic (exact) mass is 403 g/mol. The highest BCUT2D eigenvalue weighted by atomic mass is 35.5. The van der Waals surface area contributed by atoms with Crippen molar-refractivity contribution in [2.24, 2.45) is 0 Å². The molecule has 3 aromatic rings. The zero-order chi connectivity index (χ0) is 19.4. The van der Waals surface area contributed by atoms with E-state index in [0.717, 1.165) is 11.3 Å². The predicted octanol–water partition coefficient (Wildman–Crippen LogP) is 4.68. The van der Waals surface area contributed by atoms with Crippen LogP contribution in [0.25, 0.3) is 0 Å². The van der Waals surface area contributed by atoms with E-state index < -0.39 is 18.0 Å². The fraction of sp³-hybridized carbons (Fsp3) is 0.105. The molecule has 2 heterocycles. The number of ketones is 1. The highest BCUT2D eigenvalue weighted by molar-refractivity contribution is 7.18. The Hall–Kier alpha value is -2.90. The number of thiophene rings is 1. The summed E-state index contributed by atoms with van der Waals surface area (Å²) in [4.78, 5) is 36.8. The van der Waals surface area contributed by atoms with Gasteiger partial charge in [0.05, 0.1) is 11.3 Å². The molecule has 0 fully saturated rings. The quantitative estimate of drug-likeness (QED) is 0.477. The maximum atomic E-state index is 12.3. The van der Waals surface area contributed by atoms with E-state index in [2.05, 4.69) is 5.32 Å². The molecule has 27 heavy (non-hydrogen) atoms. The largest absolute Gasteiger partial charge is 0.459 e. The van der Waals surface area contributed by atoms with Gasteiger partial charge in [0.2, 0.25) is 5.78 Å². The van der Waals surface area contributed by atoms with Crippen LogP contribution < -0.4 is 5.32 Å².